The van der Waals surface area contributed by atoms with Crippen LogP contribution in [0.1, 0.15) is 59.1 Å². The lowest BCUT2D eigenvalue weighted by molar-refractivity contribution is -0.137. The molecule has 2 amide bonds. The number of hydrogen-bond acceptors (Lipinski definition) is 2. The molecule has 0 aromatic heterocycles. The Kier molecular flexibility index (Phi) is 4.59. The highest BCUT2D eigenvalue weighted by Gasteiger charge is 2.45. The molecule has 22 heavy (non-hydrogen) atoms. The van der Waals surface area contributed by atoms with E-state index in [9.17, 15) is 9.59 Å². The lowest BCUT2D eigenvalue weighted by Gasteiger charge is -2.34. The smallest absolute Gasteiger partial charge is 0.255 e. The van der Waals surface area contributed by atoms with Crippen LogP contribution < -0.4 is 4.90 Å². The standard InChI is InChI=1S/C18H26N2O2/c1-6-7-12-19(13(2)21)16-14-10-8-9-11-15(14)20(17(16)22)18(3,4)5/h8-11,16H,6-7,12H2,1-5H3. The molecular formula is C18H26N2O2. The summed E-state index contributed by atoms with van der Waals surface area (Å²) in [5.41, 5.74) is 1.55. The number of para-hydroxylation sites is 1. The van der Waals surface area contributed by atoms with Crippen molar-refractivity contribution in [3.8, 4) is 0 Å². The summed E-state index contributed by atoms with van der Waals surface area (Å²) in [5, 5.41) is 0. The van der Waals surface area contributed by atoms with Crippen molar-refractivity contribution >= 4 is 17.5 Å². The highest BCUT2D eigenvalue weighted by Crippen LogP contribution is 2.42. The van der Waals surface area contributed by atoms with E-state index in [1.54, 1.807) is 11.8 Å². The number of anilines is 1. The summed E-state index contributed by atoms with van der Waals surface area (Å²) in [7, 11) is 0. The zero-order valence-electron chi connectivity index (χ0n) is 14.2. The van der Waals surface area contributed by atoms with Gasteiger partial charge in [-0.1, -0.05) is 31.5 Å². The van der Waals surface area contributed by atoms with Crippen molar-refractivity contribution < 1.29 is 9.59 Å². The number of benzene rings is 1. The third-order valence-corrected chi connectivity index (χ3v) is 4.07. The molecule has 0 saturated heterocycles. The van der Waals surface area contributed by atoms with Gasteiger partial charge in [-0.2, -0.15) is 0 Å². The van der Waals surface area contributed by atoms with E-state index in [0.29, 0.717) is 6.54 Å². The number of fused-ring (bicyclic) bond motifs is 1. The zero-order chi connectivity index (χ0) is 16.5. The van der Waals surface area contributed by atoms with Gasteiger partial charge in [0.15, 0.2) is 0 Å². The monoisotopic (exact) mass is 302 g/mol. The molecule has 1 unspecified atom stereocenters. The van der Waals surface area contributed by atoms with Crippen LogP contribution in [0.4, 0.5) is 5.69 Å². The molecule has 120 valence electrons. The quantitative estimate of drug-likeness (QED) is 0.854. The maximum atomic E-state index is 13.1. The van der Waals surface area contributed by atoms with E-state index in [1.807, 2.05) is 49.9 Å². The van der Waals surface area contributed by atoms with Gasteiger partial charge >= 0.3 is 0 Å². The van der Waals surface area contributed by atoms with Crippen molar-refractivity contribution in [1.82, 2.24) is 4.90 Å². The fourth-order valence-electron chi connectivity index (χ4n) is 3.09. The summed E-state index contributed by atoms with van der Waals surface area (Å²) in [4.78, 5) is 28.7. The molecule has 1 aliphatic rings. The van der Waals surface area contributed by atoms with Crippen molar-refractivity contribution in [2.75, 3.05) is 11.4 Å². The second kappa shape index (κ2) is 6.11. The molecular weight excluding hydrogens is 276 g/mol. The van der Waals surface area contributed by atoms with Crippen LogP contribution in [0, 0.1) is 0 Å². The zero-order valence-corrected chi connectivity index (χ0v) is 14.2. The number of amides is 2. The molecule has 0 saturated carbocycles. The third kappa shape index (κ3) is 2.87. The average Bonchev–Trinajstić information content (AvgIpc) is 2.71. The molecule has 1 atom stereocenters. The fraction of sp³-hybridized carbons (Fsp3) is 0.556. The molecule has 1 heterocycles. The lowest BCUT2D eigenvalue weighted by atomic mass is 10.1. The van der Waals surface area contributed by atoms with Crippen molar-refractivity contribution in [1.29, 1.82) is 0 Å². The summed E-state index contributed by atoms with van der Waals surface area (Å²) >= 11 is 0. The Morgan fingerprint density at radius 1 is 1.27 bits per heavy atom. The largest absolute Gasteiger partial charge is 0.327 e. The molecule has 0 aliphatic carbocycles. The summed E-state index contributed by atoms with van der Waals surface area (Å²) in [6.07, 6.45) is 1.90. The minimum absolute atomic E-state index is 0.00000283. The predicted molar refractivity (Wildman–Crippen MR) is 88.7 cm³/mol. The van der Waals surface area contributed by atoms with E-state index >= 15 is 0 Å². The molecule has 1 aliphatic heterocycles. The van der Waals surface area contributed by atoms with Gasteiger partial charge in [-0.3, -0.25) is 9.59 Å². The number of rotatable bonds is 4. The van der Waals surface area contributed by atoms with Gasteiger partial charge in [-0.15, -0.1) is 0 Å². The SMILES string of the molecule is CCCCN(C(C)=O)C1C(=O)N(C(C)(C)C)c2ccccc21. The first-order valence-electron chi connectivity index (χ1n) is 7.99. The van der Waals surface area contributed by atoms with Crippen LogP contribution in [0.2, 0.25) is 0 Å². The van der Waals surface area contributed by atoms with Crippen LogP contribution in [0.5, 0.6) is 0 Å². The molecule has 0 spiro atoms. The van der Waals surface area contributed by atoms with Gasteiger partial charge in [0, 0.05) is 24.6 Å². The Labute approximate surface area is 133 Å². The molecule has 0 fully saturated rings. The van der Waals surface area contributed by atoms with Gasteiger partial charge in [0.05, 0.1) is 5.69 Å². The second-order valence-electron chi connectivity index (χ2n) is 6.87. The van der Waals surface area contributed by atoms with Crippen LogP contribution in [0.15, 0.2) is 24.3 Å². The second-order valence-corrected chi connectivity index (χ2v) is 6.87. The van der Waals surface area contributed by atoms with Crippen LogP contribution in [0.25, 0.3) is 0 Å². The van der Waals surface area contributed by atoms with Crippen LogP contribution in [0.3, 0.4) is 0 Å². The number of unbranched alkanes of at least 4 members (excludes halogenated alkanes) is 1. The minimum Gasteiger partial charge on any atom is -0.327 e. The summed E-state index contributed by atoms with van der Waals surface area (Å²) in [5.74, 6) is -0.0441. The molecule has 4 heteroatoms. The average molecular weight is 302 g/mol. The van der Waals surface area contributed by atoms with Gasteiger partial charge in [0.25, 0.3) is 5.91 Å². The molecule has 0 bridgehead atoms. The number of nitrogens with zero attached hydrogens (tertiary/aromatic N) is 2. The first-order valence-corrected chi connectivity index (χ1v) is 7.99. The highest BCUT2D eigenvalue weighted by molar-refractivity contribution is 6.07. The van der Waals surface area contributed by atoms with Gasteiger partial charge in [0.2, 0.25) is 5.91 Å². The minimum atomic E-state index is -0.487. The van der Waals surface area contributed by atoms with E-state index in [-0.39, 0.29) is 17.4 Å². The van der Waals surface area contributed by atoms with Crippen molar-refractivity contribution in [2.45, 2.75) is 59.0 Å². The number of hydrogen-bond donors (Lipinski definition) is 0. The van der Waals surface area contributed by atoms with Gasteiger partial charge < -0.3 is 9.80 Å². The van der Waals surface area contributed by atoms with E-state index in [2.05, 4.69) is 6.92 Å². The fourth-order valence-corrected chi connectivity index (χ4v) is 3.09. The van der Waals surface area contributed by atoms with Crippen LogP contribution in [-0.2, 0) is 9.59 Å². The Morgan fingerprint density at radius 2 is 1.91 bits per heavy atom. The van der Waals surface area contributed by atoms with E-state index < -0.39 is 6.04 Å². The Bertz CT molecular complexity index is 575. The maximum Gasteiger partial charge on any atom is 0.255 e. The maximum absolute atomic E-state index is 13.1. The molecule has 4 nitrogen and oxygen atoms in total. The topological polar surface area (TPSA) is 40.6 Å². The number of carbonyl (C=O) groups excluding carboxylic acids is 2. The van der Waals surface area contributed by atoms with Crippen molar-refractivity contribution in [3.05, 3.63) is 29.8 Å². The van der Waals surface area contributed by atoms with E-state index in [1.165, 1.54) is 0 Å². The molecule has 0 N–H and O–H groups in total. The first kappa shape index (κ1) is 16.5. The molecule has 1 aromatic carbocycles. The van der Waals surface area contributed by atoms with Crippen LogP contribution in [-0.4, -0.2) is 28.8 Å². The highest BCUT2D eigenvalue weighted by atomic mass is 16.2. The Hall–Kier alpha value is -1.84. The van der Waals surface area contributed by atoms with Gasteiger partial charge in [0.1, 0.15) is 6.04 Å². The lowest BCUT2D eigenvalue weighted by Crippen LogP contribution is -2.47. The Balaban J connectivity index is 2.48. The normalized spacial score (nSPS) is 17.6. The summed E-state index contributed by atoms with van der Waals surface area (Å²) < 4.78 is 0. The predicted octanol–water partition coefficient (Wildman–Crippen LogP) is 3.52. The summed E-state index contributed by atoms with van der Waals surface area (Å²) in [6, 6.07) is 7.32. The molecule has 2 rings (SSSR count). The summed E-state index contributed by atoms with van der Waals surface area (Å²) in [6.45, 7) is 10.3. The van der Waals surface area contributed by atoms with Crippen LogP contribution >= 0.6 is 0 Å². The third-order valence-electron chi connectivity index (χ3n) is 4.07. The van der Waals surface area contributed by atoms with Crippen molar-refractivity contribution in [3.63, 3.8) is 0 Å². The number of carbonyl (C=O) groups is 2. The van der Waals surface area contributed by atoms with Crippen molar-refractivity contribution in [2.24, 2.45) is 0 Å². The van der Waals surface area contributed by atoms with E-state index in [0.717, 1.165) is 24.1 Å². The van der Waals surface area contributed by atoms with E-state index in [4.69, 9.17) is 0 Å². The molecule has 0 radical (unpaired) electrons. The Morgan fingerprint density at radius 3 is 2.45 bits per heavy atom. The van der Waals surface area contributed by atoms with Gasteiger partial charge in [-0.05, 0) is 33.3 Å². The molecule has 1 aromatic rings. The van der Waals surface area contributed by atoms with Gasteiger partial charge in [-0.25, -0.2) is 0 Å². The first-order chi connectivity index (χ1) is 10.3.